The van der Waals surface area contributed by atoms with Crippen LogP contribution >= 0.6 is 0 Å². The molecule has 0 radical (unpaired) electrons. The Morgan fingerprint density at radius 1 is 1.32 bits per heavy atom. The molecule has 2 rings (SSSR count). The zero-order valence-electron chi connectivity index (χ0n) is 14.3. The molecule has 0 aromatic carbocycles. The van der Waals surface area contributed by atoms with E-state index in [0.29, 0.717) is 5.91 Å². The number of aliphatic hydroxyl groups is 1. The van der Waals surface area contributed by atoms with Gasteiger partial charge in [-0.25, -0.2) is 0 Å². The number of hydrogen-bond donors (Lipinski definition) is 1. The Balaban J connectivity index is 1.56. The summed E-state index contributed by atoms with van der Waals surface area (Å²) < 4.78 is 0. The van der Waals surface area contributed by atoms with Gasteiger partial charge < -0.3 is 19.8 Å². The highest BCUT2D eigenvalue weighted by Crippen LogP contribution is 2.18. The third-order valence-electron chi connectivity index (χ3n) is 4.94. The Labute approximate surface area is 135 Å². The Kier molecular flexibility index (Phi) is 7.12. The zero-order chi connectivity index (χ0) is 15.9. The SMILES string of the molecule is C[C@@H](O)CN1CCC(CN(C)CCCN2CCCC2=O)CC1. The van der Waals surface area contributed by atoms with E-state index in [4.69, 9.17) is 0 Å². The van der Waals surface area contributed by atoms with Gasteiger partial charge in [-0.05, 0) is 65.2 Å². The lowest BCUT2D eigenvalue weighted by molar-refractivity contribution is -0.127. The molecule has 1 atom stereocenters. The lowest BCUT2D eigenvalue weighted by Crippen LogP contribution is -2.41. The molecule has 2 fully saturated rings. The summed E-state index contributed by atoms with van der Waals surface area (Å²) in [4.78, 5) is 18.4. The molecule has 0 aliphatic carbocycles. The fraction of sp³-hybridized carbons (Fsp3) is 0.941. The Bertz CT molecular complexity index is 341. The quantitative estimate of drug-likeness (QED) is 0.727. The predicted octanol–water partition coefficient (Wildman–Crippen LogP) is 1.02. The maximum atomic E-state index is 11.6. The molecule has 2 heterocycles. The van der Waals surface area contributed by atoms with Crippen LogP contribution in [0.4, 0.5) is 0 Å². The molecule has 2 aliphatic heterocycles. The summed E-state index contributed by atoms with van der Waals surface area (Å²) in [6.07, 6.45) is 5.14. The second-order valence-corrected chi connectivity index (χ2v) is 7.19. The average Bonchev–Trinajstić information content (AvgIpc) is 2.86. The summed E-state index contributed by atoms with van der Waals surface area (Å²) in [5.74, 6) is 1.12. The number of nitrogens with zero attached hydrogens (tertiary/aromatic N) is 3. The van der Waals surface area contributed by atoms with Crippen molar-refractivity contribution in [3.05, 3.63) is 0 Å². The number of piperidine rings is 1. The van der Waals surface area contributed by atoms with Crippen LogP contribution in [0.5, 0.6) is 0 Å². The molecule has 128 valence electrons. The van der Waals surface area contributed by atoms with Gasteiger partial charge in [0.15, 0.2) is 0 Å². The van der Waals surface area contributed by atoms with Gasteiger partial charge >= 0.3 is 0 Å². The normalized spacial score (nSPS) is 22.7. The van der Waals surface area contributed by atoms with E-state index in [1.807, 2.05) is 11.8 Å². The molecule has 22 heavy (non-hydrogen) atoms. The van der Waals surface area contributed by atoms with E-state index in [1.54, 1.807) is 0 Å². The molecule has 0 bridgehead atoms. The van der Waals surface area contributed by atoms with E-state index in [2.05, 4.69) is 16.8 Å². The summed E-state index contributed by atoms with van der Waals surface area (Å²) in [6, 6.07) is 0. The molecule has 2 saturated heterocycles. The highest BCUT2D eigenvalue weighted by atomic mass is 16.3. The molecule has 0 unspecified atom stereocenters. The first kappa shape index (κ1) is 17.7. The number of carbonyl (C=O) groups excluding carboxylic acids is 1. The van der Waals surface area contributed by atoms with Gasteiger partial charge in [-0.3, -0.25) is 4.79 Å². The van der Waals surface area contributed by atoms with Crippen molar-refractivity contribution in [2.75, 3.05) is 52.9 Å². The third-order valence-corrected chi connectivity index (χ3v) is 4.94. The Morgan fingerprint density at radius 3 is 2.64 bits per heavy atom. The summed E-state index contributed by atoms with van der Waals surface area (Å²) >= 11 is 0. The van der Waals surface area contributed by atoms with Crippen LogP contribution in [-0.2, 0) is 4.79 Å². The number of likely N-dealkylation sites (tertiary alicyclic amines) is 2. The number of hydrogen-bond acceptors (Lipinski definition) is 4. The largest absolute Gasteiger partial charge is 0.392 e. The van der Waals surface area contributed by atoms with E-state index < -0.39 is 0 Å². The lowest BCUT2D eigenvalue weighted by atomic mass is 9.96. The van der Waals surface area contributed by atoms with Crippen LogP contribution < -0.4 is 0 Å². The highest BCUT2D eigenvalue weighted by molar-refractivity contribution is 5.77. The topological polar surface area (TPSA) is 47.0 Å². The molecule has 5 heteroatoms. The summed E-state index contributed by atoms with van der Waals surface area (Å²) in [6.45, 7) is 9.04. The number of aliphatic hydroxyl groups excluding tert-OH is 1. The van der Waals surface area contributed by atoms with E-state index >= 15 is 0 Å². The molecule has 1 amide bonds. The molecular weight excluding hydrogens is 278 g/mol. The first-order valence-electron chi connectivity index (χ1n) is 8.91. The maximum absolute atomic E-state index is 11.6. The zero-order valence-corrected chi connectivity index (χ0v) is 14.3. The molecule has 0 spiro atoms. The van der Waals surface area contributed by atoms with Gasteiger partial charge in [0.1, 0.15) is 0 Å². The van der Waals surface area contributed by atoms with Crippen molar-refractivity contribution in [2.45, 2.75) is 45.1 Å². The minimum absolute atomic E-state index is 0.215. The molecule has 5 nitrogen and oxygen atoms in total. The van der Waals surface area contributed by atoms with Crippen LogP contribution in [0.15, 0.2) is 0 Å². The smallest absolute Gasteiger partial charge is 0.222 e. The minimum Gasteiger partial charge on any atom is -0.392 e. The maximum Gasteiger partial charge on any atom is 0.222 e. The molecule has 0 aromatic rings. The van der Waals surface area contributed by atoms with Crippen LogP contribution in [0, 0.1) is 5.92 Å². The van der Waals surface area contributed by atoms with Crippen LogP contribution in [-0.4, -0.2) is 84.7 Å². The second kappa shape index (κ2) is 8.85. The summed E-state index contributed by atoms with van der Waals surface area (Å²) in [7, 11) is 2.20. The van der Waals surface area contributed by atoms with Gasteiger partial charge in [0.05, 0.1) is 6.10 Å². The van der Waals surface area contributed by atoms with Gasteiger partial charge in [-0.1, -0.05) is 0 Å². The van der Waals surface area contributed by atoms with Crippen LogP contribution in [0.25, 0.3) is 0 Å². The van der Waals surface area contributed by atoms with E-state index in [-0.39, 0.29) is 6.10 Å². The molecular formula is C17H33N3O2. The van der Waals surface area contributed by atoms with Crippen LogP contribution in [0.2, 0.25) is 0 Å². The average molecular weight is 311 g/mol. The summed E-state index contributed by atoms with van der Waals surface area (Å²) in [5, 5.41) is 9.44. The van der Waals surface area contributed by atoms with Crippen molar-refractivity contribution in [3.8, 4) is 0 Å². The van der Waals surface area contributed by atoms with Crippen molar-refractivity contribution in [2.24, 2.45) is 5.92 Å². The minimum atomic E-state index is -0.215. The third kappa shape index (κ3) is 5.86. The van der Waals surface area contributed by atoms with Crippen molar-refractivity contribution in [3.63, 3.8) is 0 Å². The number of β-amino-alcohol motifs (C(OH)–C–C–N with tert-alkyl or cyclic N) is 1. The Morgan fingerprint density at radius 2 is 2.05 bits per heavy atom. The number of amides is 1. The van der Waals surface area contributed by atoms with Gasteiger partial charge in [-0.15, -0.1) is 0 Å². The molecule has 0 saturated carbocycles. The first-order chi connectivity index (χ1) is 10.5. The van der Waals surface area contributed by atoms with Gasteiger partial charge in [0, 0.05) is 32.6 Å². The highest BCUT2D eigenvalue weighted by Gasteiger charge is 2.22. The van der Waals surface area contributed by atoms with Crippen LogP contribution in [0.1, 0.15) is 39.0 Å². The molecule has 0 aromatic heterocycles. The summed E-state index contributed by atoms with van der Waals surface area (Å²) in [5.41, 5.74) is 0. The van der Waals surface area contributed by atoms with E-state index in [0.717, 1.165) is 71.0 Å². The van der Waals surface area contributed by atoms with E-state index in [1.165, 1.54) is 12.8 Å². The standard InChI is InChI=1S/C17H33N3O2/c1-15(21)13-19-11-6-16(7-12-19)14-18(2)8-4-10-20-9-3-5-17(20)22/h15-16,21H,3-14H2,1-2H3/t15-/m1/s1. The van der Waals surface area contributed by atoms with Crippen molar-refractivity contribution in [1.29, 1.82) is 0 Å². The number of rotatable bonds is 8. The van der Waals surface area contributed by atoms with Gasteiger partial charge in [0.25, 0.3) is 0 Å². The first-order valence-corrected chi connectivity index (χ1v) is 8.91. The lowest BCUT2D eigenvalue weighted by Gasteiger charge is -2.34. The van der Waals surface area contributed by atoms with Crippen molar-refractivity contribution >= 4 is 5.91 Å². The Hall–Kier alpha value is -0.650. The molecule has 1 N–H and O–H groups in total. The molecule has 2 aliphatic rings. The van der Waals surface area contributed by atoms with Gasteiger partial charge in [0.2, 0.25) is 5.91 Å². The van der Waals surface area contributed by atoms with Gasteiger partial charge in [-0.2, -0.15) is 0 Å². The van der Waals surface area contributed by atoms with Crippen molar-refractivity contribution < 1.29 is 9.90 Å². The van der Waals surface area contributed by atoms with E-state index in [9.17, 15) is 9.90 Å². The monoisotopic (exact) mass is 311 g/mol. The fourth-order valence-corrected chi connectivity index (χ4v) is 3.73. The fourth-order valence-electron chi connectivity index (χ4n) is 3.73. The number of carbonyl (C=O) groups is 1. The predicted molar refractivity (Wildman–Crippen MR) is 88.8 cm³/mol. The second-order valence-electron chi connectivity index (χ2n) is 7.19. The van der Waals surface area contributed by atoms with Crippen molar-refractivity contribution in [1.82, 2.24) is 14.7 Å². The van der Waals surface area contributed by atoms with Crippen LogP contribution in [0.3, 0.4) is 0 Å².